The van der Waals surface area contributed by atoms with Crippen LogP contribution in [0.25, 0.3) is 0 Å². The number of nitrogens with one attached hydrogen (secondary N) is 1. The molecular weight excluding hydrogens is 441 g/mol. The Kier molecular flexibility index (Phi) is 6.85. The molecule has 2 amide bonds. The van der Waals surface area contributed by atoms with Gasteiger partial charge in [0.25, 0.3) is 5.91 Å². The molecule has 2 aromatic carbocycles. The van der Waals surface area contributed by atoms with Gasteiger partial charge < -0.3 is 19.7 Å². The number of fused-ring (bicyclic) bond motifs is 1. The van der Waals surface area contributed by atoms with Gasteiger partial charge >= 0.3 is 0 Å². The van der Waals surface area contributed by atoms with Gasteiger partial charge in [-0.25, -0.2) is 0 Å². The number of rotatable bonds is 4. The van der Waals surface area contributed by atoms with Gasteiger partial charge in [-0.05, 0) is 30.3 Å². The van der Waals surface area contributed by atoms with Gasteiger partial charge in [-0.15, -0.1) is 0 Å². The highest BCUT2D eigenvalue weighted by Crippen LogP contribution is 2.32. The van der Waals surface area contributed by atoms with Gasteiger partial charge in [-0.2, -0.15) is 0 Å². The monoisotopic (exact) mass is 463 g/mol. The van der Waals surface area contributed by atoms with Crippen molar-refractivity contribution in [3.05, 3.63) is 52.0 Å². The van der Waals surface area contributed by atoms with Gasteiger partial charge in [0.05, 0.1) is 30.3 Å². The third-order valence-electron chi connectivity index (χ3n) is 5.22. The van der Waals surface area contributed by atoms with Crippen molar-refractivity contribution < 1.29 is 19.1 Å². The molecule has 0 spiro atoms. The maximum absolute atomic E-state index is 12.7. The zero-order valence-electron chi connectivity index (χ0n) is 16.9. The predicted molar refractivity (Wildman–Crippen MR) is 119 cm³/mol. The molecule has 0 radical (unpaired) electrons. The lowest BCUT2D eigenvalue weighted by Gasteiger charge is -2.34. The summed E-state index contributed by atoms with van der Waals surface area (Å²) in [5, 5.41) is 3.74. The Labute approximate surface area is 190 Å². The number of carbonyl (C=O) groups excluding carboxylic acids is 2. The molecule has 2 heterocycles. The highest BCUT2D eigenvalue weighted by atomic mass is 35.5. The molecule has 0 saturated carbocycles. The minimum atomic E-state index is -0.127. The van der Waals surface area contributed by atoms with E-state index in [9.17, 15) is 9.59 Å². The Morgan fingerprint density at radius 3 is 2.42 bits per heavy atom. The normalized spacial score (nSPS) is 16.5. The molecule has 0 aromatic heterocycles. The van der Waals surface area contributed by atoms with Gasteiger partial charge in [-0.3, -0.25) is 14.5 Å². The number of carbonyl (C=O) groups is 2. The summed E-state index contributed by atoms with van der Waals surface area (Å²) in [5.41, 5.74) is 1.10. The maximum atomic E-state index is 12.7. The van der Waals surface area contributed by atoms with Crippen molar-refractivity contribution in [2.75, 3.05) is 51.3 Å². The number of halogens is 2. The largest absolute Gasteiger partial charge is 0.490 e. The van der Waals surface area contributed by atoms with Gasteiger partial charge in [0.1, 0.15) is 0 Å². The van der Waals surface area contributed by atoms with Gasteiger partial charge in [-0.1, -0.05) is 23.2 Å². The summed E-state index contributed by atoms with van der Waals surface area (Å²) >= 11 is 12.1. The van der Waals surface area contributed by atoms with Crippen molar-refractivity contribution in [2.45, 2.75) is 6.42 Å². The van der Waals surface area contributed by atoms with Gasteiger partial charge in [0.2, 0.25) is 5.91 Å². The summed E-state index contributed by atoms with van der Waals surface area (Å²) in [6.07, 6.45) is 0.828. The zero-order valence-corrected chi connectivity index (χ0v) is 18.4. The van der Waals surface area contributed by atoms with Gasteiger partial charge in [0.15, 0.2) is 11.5 Å². The number of anilines is 1. The van der Waals surface area contributed by atoms with E-state index in [1.165, 1.54) is 0 Å². The average molecular weight is 464 g/mol. The van der Waals surface area contributed by atoms with Crippen LogP contribution in [0.5, 0.6) is 11.5 Å². The van der Waals surface area contributed by atoms with E-state index < -0.39 is 0 Å². The molecule has 7 nitrogen and oxygen atoms in total. The van der Waals surface area contributed by atoms with Crippen molar-refractivity contribution in [1.29, 1.82) is 0 Å². The molecule has 2 aromatic rings. The number of piperazine rings is 1. The number of nitrogens with zero attached hydrogens (tertiary/aromatic N) is 2. The first-order valence-corrected chi connectivity index (χ1v) is 10.9. The quantitative estimate of drug-likeness (QED) is 0.750. The van der Waals surface area contributed by atoms with Crippen LogP contribution in [0.2, 0.25) is 10.0 Å². The third kappa shape index (κ3) is 5.42. The summed E-state index contributed by atoms with van der Waals surface area (Å²) in [6, 6.07) is 10.3. The van der Waals surface area contributed by atoms with E-state index in [2.05, 4.69) is 5.32 Å². The van der Waals surface area contributed by atoms with E-state index >= 15 is 0 Å². The van der Waals surface area contributed by atoms with E-state index in [1.807, 2.05) is 11.0 Å². The summed E-state index contributed by atoms with van der Waals surface area (Å²) < 4.78 is 11.3. The van der Waals surface area contributed by atoms with Crippen molar-refractivity contribution in [2.24, 2.45) is 0 Å². The molecule has 2 aliphatic rings. The molecule has 0 aliphatic carbocycles. The van der Waals surface area contributed by atoms with Crippen LogP contribution in [0, 0.1) is 0 Å². The van der Waals surface area contributed by atoms with Crippen LogP contribution in [0.3, 0.4) is 0 Å². The summed E-state index contributed by atoms with van der Waals surface area (Å²) in [7, 11) is 0. The lowest BCUT2D eigenvalue weighted by atomic mass is 10.1. The Bertz CT molecular complexity index is 977. The van der Waals surface area contributed by atoms with Crippen molar-refractivity contribution in [1.82, 2.24) is 9.80 Å². The fourth-order valence-electron chi connectivity index (χ4n) is 3.59. The van der Waals surface area contributed by atoms with E-state index in [1.54, 1.807) is 35.2 Å². The Hall–Kier alpha value is -2.48. The SMILES string of the molecule is O=C(CN1CCN(C(=O)c2ccc(Cl)cc2Cl)CC1)Nc1ccc2c(c1)OCCCO2. The molecule has 1 saturated heterocycles. The molecule has 1 N–H and O–H groups in total. The van der Waals surface area contributed by atoms with Crippen LogP contribution in [-0.2, 0) is 4.79 Å². The van der Waals surface area contributed by atoms with Crippen LogP contribution >= 0.6 is 23.2 Å². The number of benzene rings is 2. The standard InChI is InChI=1S/C22H23Cl2N3O4/c23-15-2-4-17(18(24)12-15)22(29)27-8-6-26(7-9-27)14-21(28)25-16-3-5-19-20(13-16)31-11-1-10-30-19/h2-5,12-13H,1,6-11,14H2,(H,25,28). The van der Waals surface area contributed by atoms with E-state index in [0.29, 0.717) is 72.2 Å². The van der Waals surface area contributed by atoms with Crippen molar-refractivity contribution in [3.8, 4) is 11.5 Å². The second kappa shape index (κ2) is 9.77. The second-order valence-electron chi connectivity index (χ2n) is 7.45. The molecular formula is C22H23Cl2N3O4. The Balaban J connectivity index is 1.28. The Morgan fingerprint density at radius 1 is 0.935 bits per heavy atom. The Morgan fingerprint density at radius 2 is 1.68 bits per heavy atom. The smallest absolute Gasteiger partial charge is 0.255 e. The molecule has 9 heteroatoms. The molecule has 1 fully saturated rings. The summed E-state index contributed by atoms with van der Waals surface area (Å²) in [4.78, 5) is 29.0. The number of hydrogen-bond donors (Lipinski definition) is 1. The first-order chi connectivity index (χ1) is 15.0. The molecule has 164 valence electrons. The number of ether oxygens (including phenoxy) is 2. The average Bonchev–Trinajstić information content (AvgIpc) is 2.99. The number of hydrogen-bond acceptors (Lipinski definition) is 5. The highest BCUT2D eigenvalue weighted by Gasteiger charge is 2.25. The lowest BCUT2D eigenvalue weighted by Crippen LogP contribution is -2.50. The minimum absolute atomic E-state index is 0.116. The molecule has 31 heavy (non-hydrogen) atoms. The van der Waals surface area contributed by atoms with E-state index in [-0.39, 0.29) is 18.4 Å². The molecule has 2 aliphatic heterocycles. The van der Waals surface area contributed by atoms with E-state index in [0.717, 1.165) is 6.42 Å². The lowest BCUT2D eigenvalue weighted by molar-refractivity contribution is -0.117. The molecule has 0 atom stereocenters. The maximum Gasteiger partial charge on any atom is 0.255 e. The van der Waals surface area contributed by atoms with Crippen molar-refractivity contribution >= 4 is 40.7 Å². The van der Waals surface area contributed by atoms with Crippen LogP contribution in [0.1, 0.15) is 16.8 Å². The third-order valence-corrected chi connectivity index (χ3v) is 5.77. The highest BCUT2D eigenvalue weighted by molar-refractivity contribution is 6.36. The molecule has 0 bridgehead atoms. The summed E-state index contributed by atoms with van der Waals surface area (Å²) in [6.45, 7) is 3.71. The summed E-state index contributed by atoms with van der Waals surface area (Å²) in [5.74, 6) is 1.09. The number of amides is 2. The van der Waals surface area contributed by atoms with Crippen LogP contribution in [0.4, 0.5) is 5.69 Å². The van der Waals surface area contributed by atoms with Crippen LogP contribution in [-0.4, -0.2) is 67.6 Å². The van der Waals surface area contributed by atoms with Crippen LogP contribution in [0.15, 0.2) is 36.4 Å². The fraction of sp³-hybridized carbons (Fsp3) is 0.364. The first-order valence-electron chi connectivity index (χ1n) is 10.2. The zero-order chi connectivity index (χ0) is 21.8. The fourth-order valence-corrected chi connectivity index (χ4v) is 4.08. The van der Waals surface area contributed by atoms with Gasteiger partial charge in [0, 0.05) is 49.4 Å². The predicted octanol–water partition coefficient (Wildman–Crippen LogP) is 3.55. The van der Waals surface area contributed by atoms with E-state index in [4.69, 9.17) is 32.7 Å². The first kappa shape index (κ1) is 21.7. The van der Waals surface area contributed by atoms with Crippen LogP contribution < -0.4 is 14.8 Å². The van der Waals surface area contributed by atoms with Crippen molar-refractivity contribution in [3.63, 3.8) is 0 Å². The topological polar surface area (TPSA) is 71.1 Å². The minimum Gasteiger partial charge on any atom is -0.490 e. The molecule has 4 rings (SSSR count). The second-order valence-corrected chi connectivity index (χ2v) is 8.30. The molecule has 0 unspecified atom stereocenters.